The number of nitrogens with one attached hydrogen (secondary N) is 3. The highest BCUT2D eigenvalue weighted by Gasteiger charge is 2.22. The molecule has 3 N–H and O–H groups in total. The Morgan fingerprint density at radius 3 is 3.03 bits per heavy atom. The lowest BCUT2D eigenvalue weighted by atomic mass is 10.1. The lowest BCUT2D eigenvalue weighted by Gasteiger charge is -2.25. The quantitative estimate of drug-likeness (QED) is 0.382. The minimum atomic E-state index is -0.281. The summed E-state index contributed by atoms with van der Waals surface area (Å²) in [5, 5.41) is 14.1. The van der Waals surface area contributed by atoms with E-state index in [-0.39, 0.29) is 17.7 Å². The maximum atomic E-state index is 12.2. The highest BCUT2D eigenvalue weighted by molar-refractivity contribution is 6.02. The highest BCUT2D eigenvalue weighted by Crippen LogP contribution is 2.14. The van der Waals surface area contributed by atoms with Gasteiger partial charge in [0.25, 0.3) is 5.91 Å². The molecule has 1 unspecified atom stereocenters. The van der Waals surface area contributed by atoms with Gasteiger partial charge in [-0.25, -0.2) is 9.67 Å². The second kappa shape index (κ2) is 10.1. The van der Waals surface area contributed by atoms with Crippen molar-refractivity contribution in [2.75, 3.05) is 19.5 Å². The molecule has 0 spiro atoms. The number of guanidine groups is 1. The lowest BCUT2D eigenvalue weighted by molar-refractivity contribution is 0.0996. The standard InChI is InChI=1S/C22H27N7O3/c1-23-22(26-17-8-9-20-27-19(14-31-2)28-29(20)13-17)24-12-15-5-3-6-16(11-15)25-21(30)18-7-4-10-32-18/h3-7,10-11,17H,8-9,12-14H2,1-2H3,(H,25,30)(H2,23,24,26). The predicted octanol–water partition coefficient (Wildman–Crippen LogP) is 1.95. The number of aryl methyl sites for hydroxylation is 1. The Hall–Kier alpha value is -3.66. The molecule has 0 saturated carbocycles. The number of carbonyl (C=O) groups excluding carboxylic acids is 1. The van der Waals surface area contributed by atoms with Gasteiger partial charge in [0.1, 0.15) is 12.4 Å². The van der Waals surface area contributed by atoms with Crippen LogP contribution in [0.4, 0.5) is 5.69 Å². The Labute approximate surface area is 186 Å². The van der Waals surface area contributed by atoms with Crippen LogP contribution >= 0.6 is 0 Å². The number of anilines is 1. The van der Waals surface area contributed by atoms with Crippen LogP contribution in [0.5, 0.6) is 0 Å². The zero-order chi connectivity index (χ0) is 22.3. The summed E-state index contributed by atoms with van der Waals surface area (Å²) in [5.74, 6) is 2.41. The lowest BCUT2D eigenvalue weighted by Crippen LogP contribution is -2.46. The number of methoxy groups -OCH3 is 1. The van der Waals surface area contributed by atoms with Crippen molar-refractivity contribution < 1.29 is 13.9 Å². The van der Waals surface area contributed by atoms with Crippen LogP contribution in [-0.2, 0) is 30.9 Å². The van der Waals surface area contributed by atoms with Crippen molar-refractivity contribution in [3.05, 3.63) is 65.6 Å². The molecule has 0 saturated heterocycles. The molecule has 2 aromatic heterocycles. The van der Waals surface area contributed by atoms with Gasteiger partial charge < -0.3 is 25.1 Å². The number of benzene rings is 1. The summed E-state index contributed by atoms with van der Waals surface area (Å²) in [6.07, 6.45) is 3.27. The molecule has 1 amide bonds. The van der Waals surface area contributed by atoms with Crippen molar-refractivity contribution in [1.29, 1.82) is 0 Å². The number of nitrogens with zero attached hydrogens (tertiary/aromatic N) is 4. The number of aliphatic imine (C=N–C) groups is 1. The number of amides is 1. The van der Waals surface area contributed by atoms with Gasteiger partial charge in [-0.3, -0.25) is 9.79 Å². The molecule has 3 heterocycles. The Morgan fingerprint density at radius 1 is 1.34 bits per heavy atom. The van der Waals surface area contributed by atoms with Gasteiger partial charge in [-0.1, -0.05) is 12.1 Å². The molecule has 4 rings (SSSR count). The Bertz CT molecular complexity index is 1080. The highest BCUT2D eigenvalue weighted by atomic mass is 16.5. The molecule has 0 aliphatic carbocycles. The predicted molar refractivity (Wildman–Crippen MR) is 119 cm³/mol. The molecule has 1 aliphatic heterocycles. The van der Waals surface area contributed by atoms with Crippen LogP contribution in [0.2, 0.25) is 0 Å². The van der Waals surface area contributed by atoms with E-state index in [1.54, 1.807) is 26.3 Å². The molecule has 32 heavy (non-hydrogen) atoms. The number of hydrogen-bond acceptors (Lipinski definition) is 6. The number of fused-ring (bicyclic) bond motifs is 1. The van der Waals surface area contributed by atoms with Crippen LogP contribution in [-0.4, -0.2) is 46.8 Å². The number of ether oxygens (including phenoxy) is 1. The minimum Gasteiger partial charge on any atom is -0.459 e. The summed E-state index contributed by atoms with van der Waals surface area (Å²) in [7, 11) is 3.39. The van der Waals surface area contributed by atoms with E-state index in [1.165, 1.54) is 6.26 Å². The van der Waals surface area contributed by atoms with Crippen molar-refractivity contribution in [2.45, 2.75) is 38.6 Å². The molecule has 0 radical (unpaired) electrons. The molecule has 0 fully saturated rings. The van der Waals surface area contributed by atoms with E-state index >= 15 is 0 Å². The van der Waals surface area contributed by atoms with Gasteiger partial charge in [0.05, 0.1) is 12.8 Å². The molecule has 1 aliphatic rings. The van der Waals surface area contributed by atoms with E-state index in [0.29, 0.717) is 30.6 Å². The van der Waals surface area contributed by atoms with Crippen molar-refractivity contribution >= 4 is 17.6 Å². The van der Waals surface area contributed by atoms with E-state index in [4.69, 9.17) is 9.15 Å². The molecular formula is C22H27N7O3. The first-order valence-corrected chi connectivity index (χ1v) is 10.5. The average molecular weight is 438 g/mol. The van der Waals surface area contributed by atoms with Crippen LogP contribution in [0.15, 0.2) is 52.1 Å². The largest absolute Gasteiger partial charge is 0.459 e. The average Bonchev–Trinajstić information content (AvgIpc) is 3.47. The fourth-order valence-corrected chi connectivity index (χ4v) is 3.60. The van der Waals surface area contributed by atoms with Gasteiger partial charge in [0.2, 0.25) is 0 Å². The van der Waals surface area contributed by atoms with Gasteiger partial charge >= 0.3 is 0 Å². The number of hydrogen-bond donors (Lipinski definition) is 3. The van der Waals surface area contributed by atoms with E-state index in [9.17, 15) is 4.79 Å². The van der Waals surface area contributed by atoms with Crippen molar-refractivity contribution in [3.63, 3.8) is 0 Å². The van der Waals surface area contributed by atoms with Gasteiger partial charge in [0, 0.05) is 38.9 Å². The third-order valence-electron chi connectivity index (χ3n) is 5.13. The zero-order valence-electron chi connectivity index (χ0n) is 18.2. The second-order valence-corrected chi connectivity index (χ2v) is 7.50. The molecule has 10 nitrogen and oxygen atoms in total. The molecule has 1 atom stereocenters. The summed E-state index contributed by atoms with van der Waals surface area (Å²) < 4.78 is 12.2. The fraction of sp³-hybridized carbons (Fsp3) is 0.364. The van der Waals surface area contributed by atoms with Crippen LogP contribution < -0.4 is 16.0 Å². The number of furan rings is 1. The second-order valence-electron chi connectivity index (χ2n) is 7.50. The molecular weight excluding hydrogens is 410 g/mol. The molecule has 10 heteroatoms. The van der Waals surface area contributed by atoms with Crippen LogP contribution in [0.3, 0.4) is 0 Å². The first-order valence-electron chi connectivity index (χ1n) is 10.5. The smallest absolute Gasteiger partial charge is 0.291 e. The third kappa shape index (κ3) is 5.33. The Kier molecular flexibility index (Phi) is 6.81. The fourth-order valence-electron chi connectivity index (χ4n) is 3.60. The summed E-state index contributed by atoms with van der Waals surface area (Å²) >= 11 is 0. The normalized spacial score (nSPS) is 15.8. The van der Waals surface area contributed by atoms with E-state index in [2.05, 4.69) is 31.0 Å². The topological polar surface area (TPSA) is 119 Å². The summed E-state index contributed by atoms with van der Waals surface area (Å²) in [5.41, 5.74) is 1.71. The van der Waals surface area contributed by atoms with Crippen LogP contribution in [0.1, 0.15) is 34.2 Å². The molecule has 0 bridgehead atoms. The molecule has 1 aromatic carbocycles. The Morgan fingerprint density at radius 2 is 2.25 bits per heavy atom. The van der Waals surface area contributed by atoms with E-state index in [0.717, 1.165) is 30.8 Å². The SMILES string of the molecule is CN=C(NCc1cccc(NC(=O)c2ccco2)c1)NC1CCc2nc(COC)nn2C1. The summed E-state index contributed by atoms with van der Waals surface area (Å²) in [6, 6.07) is 11.2. The van der Waals surface area contributed by atoms with Gasteiger partial charge in [-0.2, -0.15) is 5.10 Å². The number of aromatic nitrogens is 3. The van der Waals surface area contributed by atoms with Crippen LogP contribution in [0.25, 0.3) is 0 Å². The monoisotopic (exact) mass is 437 g/mol. The summed E-state index contributed by atoms with van der Waals surface area (Å²) in [4.78, 5) is 21.0. The van der Waals surface area contributed by atoms with Crippen molar-refractivity contribution in [3.8, 4) is 0 Å². The maximum absolute atomic E-state index is 12.2. The number of carbonyl (C=O) groups is 1. The van der Waals surface area contributed by atoms with Gasteiger partial charge in [0.15, 0.2) is 17.5 Å². The zero-order valence-corrected chi connectivity index (χ0v) is 18.2. The Balaban J connectivity index is 1.30. The van der Waals surface area contributed by atoms with E-state index in [1.807, 2.05) is 28.9 Å². The maximum Gasteiger partial charge on any atom is 0.291 e. The molecule has 168 valence electrons. The molecule has 3 aromatic rings. The first-order chi connectivity index (χ1) is 15.6. The van der Waals surface area contributed by atoms with Crippen molar-refractivity contribution in [1.82, 2.24) is 25.4 Å². The third-order valence-corrected chi connectivity index (χ3v) is 5.13. The van der Waals surface area contributed by atoms with Gasteiger partial charge in [-0.15, -0.1) is 0 Å². The summed E-state index contributed by atoms with van der Waals surface area (Å²) in [6.45, 7) is 1.70. The minimum absolute atomic E-state index is 0.199. The van der Waals surface area contributed by atoms with Gasteiger partial charge in [-0.05, 0) is 36.2 Å². The first kappa shape index (κ1) is 21.6. The van der Waals surface area contributed by atoms with Crippen molar-refractivity contribution in [2.24, 2.45) is 4.99 Å². The van der Waals surface area contributed by atoms with Crippen LogP contribution in [0, 0.1) is 0 Å². The number of rotatable bonds is 7. The van der Waals surface area contributed by atoms with E-state index < -0.39 is 0 Å².